The van der Waals surface area contributed by atoms with E-state index in [0.717, 1.165) is 44.0 Å². The van der Waals surface area contributed by atoms with Crippen LogP contribution in [-0.2, 0) is 4.79 Å². The zero-order chi connectivity index (χ0) is 23.3. The number of rotatable bonds is 8. The summed E-state index contributed by atoms with van der Waals surface area (Å²) in [5.74, 6) is 2.36. The molecule has 0 aliphatic carbocycles. The molecule has 2 heterocycles. The molecule has 1 amide bonds. The summed E-state index contributed by atoms with van der Waals surface area (Å²) in [7, 11) is 0. The number of benzene rings is 2. The highest BCUT2D eigenvalue weighted by atomic mass is 35.5. The first kappa shape index (κ1) is 25.0. The van der Waals surface area contributed by atoms with Gasteiger partial charge in [-0.1, -0.05) is 59.6 Å². The largest absolute Gasteiger partial charge is 0.492 e. The molecule has 0 spiro atoms. The molecule has 0 saturated carbocycles. The predicted octanol–water partition coefficient (Wildman–Crippen LogP) is 5.88. The number of piperidine rings is 1. The molecule has 1 saturated heterocycles. The summed E-state index contributed by atoms with van der Waals surface area (Å²) < 4.78 is 5.66. The highest BCUT2D eigenvalue weighted by Gasteiger charge is 2.26. The molecule has 5 nitrogen and oxygen atoms in total. The number of aromatic nitrogens is 1. The molecule has 1 aromatic heterocycles. The van der Waals surface area contributed by atoms with Gasteiger partial charge in [-0.3, -0.25) is 9.69 Å². The quantitative estimate of drug-likeness (QED) is 0.405. The Morgan fingerprint density at radius 3 is 2.30 bits per heavy atom. The van der Waals surface area contributed by atoms with Gasteiger partial charge in [0.05, 0.1) is 10.0 Å². The lowest BCUT2D eigenvalue weighted by molar-refractivity contribution is -0.120. The lowest BCUT2D eigenvalue weighted by atomic mass is 9.94. The number of nitrogens with one attached hydrogen (secondary N) is 1. The van der Waals surface area contributed by atoms with E-state index in [0.29, 0.717) is 29.0 Å². The zero-order valence-corrected chi connectivity index (χ0v) is 20.0. The Hall–Kier alpha value is -2.60. The van der Waals surface area contributed by atoms with Crippen LogP contribution in [0.2, 0.25) is 10.0 Å². The molecule has 1 aliphatic heterocycles. The number of nitrogens with zero attached hydrogens (tertiary/aromatic N) is 2. The average Bonchev–Trinajstić information content (AvgIpc) is 2.86. The van der Waals surface area contributed by atoms with Crippen molar-refractivity contribution < 1.29 is 9.53 Å². The molecule has 2 aromatic carbocycles. The van der Waals surface area contributed by atoms with Crippen molar-refractivity contribution in [2.24, 2.45) is 5.92 Å². The van der Waals surface area contributed by atoms with Crippen LogP contribution in [0.1, 0.15) is 19.3 Å². The van der Waals surface area contributed by atoms with E-state index in [1.54, 1.807) is 18.3 Å². The Kier molecular flexibility index (Phi) is 10.5. The maximum Gasteiger partial charge on any atom is 0.228 e. The van der Waals surface area contributed by atoms with Gasteiger partial charge < -0.3 is 10.1 Å². The van der Waals surface area contributed by atoms with E-state index in [-0.39, 0.29) is 5.91 Å². The second-order valence-electron chi connectivity index (χ2n) is 7.71. The van der Waals surface area contributed by atoms with Crippen molar-refractivity contribution in [1.82, 2.24) is 10.3 Å². The van der Waals surface area contributed by atoms with E-state index in [9.17, 15) is 4.79 Å². The number of hydrogen-bond acceptors (Lipinski definition) is 4. The molecular weight excluding hydrogens is 457 g/mol. The number of amides is 1. The summed E-state index contributed by atoms with van der Waals surface area (Å²) in [6, 6.07) is 22.7. The van der Waals surface area contributed by atoms with E-state index in [1.807, 2.05) is 65.6 Å². The first-order valence-electron chi connectivity index (χ1n) is 11.1. The van der Waals surface area contributed by atoms with E-state index in [4.69, 9.17) is 27.9 Å². The van der Waals surface area contributed by atoms with Crippen molar-refractivity contribution in [3.05, 3.63) is 89.0 Å². The highest BCUT2D eigenvalue weighted by Crippen LogP contribution is 2.24. The minimum atomic E-state index is 0.180. The van der Waals surface area contributed by atoms with Crippen molar-refractivity contribution in [1.29, 1.82) is 0 Å². The fraction of sp³-hybridized carbons (Fsp3) is 0.308. The standard InChI is InChI=1S/C20H25N3O2.C6H4Cl2/c24-20-10-9-17(16-23(20)19-8-4-5-12-22-19)11-13-21-14-15-25-18-6-2-1-3-7-18;7-5-3-1-2-4-6(5)8/h1-8,12,17,21H,9-11,13-16H2;1-4H. The Bertz CT molecular complexity index is 953. The fourth-order valence-electron chi connectivity index (χ4n) is 3.51. The van der Waals surface area contributed by atoms with E-state index < -0.39 is 0 Å². The van der Waals surface area contributed by atoms with E-state index in [2.05, 4.69) is 10.3 Å². The second kappa shape index (κ2) is 13.8. The molecule has 1 N–H and O–H groups in total. The maximum absolute atomic E-state index is 12.1. The lowest BCUT2D eigenvalue weighted by Crippen LogP contribution is -2.41. The summed E-state index contributed by atoms with van der Waals surface area (Å²) >= 11 is 11.2. The number of pyridine rings is 1. The molecule has 1 atom stereocenters. The third-order valence-electron chi connectivity index (χ3n) is 5.28. The van der Waals surface area contributed by atoms with Crippen LogP contribution in [0.25, 0.3) is 0 Å². The number of halogens is 2. The van der Waals surface area contributed by atoms with Gasteiger partial charge in [-0.05, 0) is 61.7 Å². The highest BCUT2D eigenvalue weighted by molar-refractivity contribution is 6.41. The van der Waals surface area contributed by atoms with Crippen molar-refractivity contribution in [3.8, 4) is 5.75 Å². The van der Waals surface area contributed by atoms with Crippen molar-refractivity contribution in [2.75, 3.05) is 31.1 Å². The predicted molar refractivity (Wildman–Crippen MR) is 135 cm³/mol. The molecule has 0 bridgehead atoms. The number of ether oxygens (including phenoxy) is 1. The zero-order valence-electron chi connectivity index (χ0n) is 18.5. The summed E-state index contributed by atoms with van der Waals surface area (Å²) in [5, 5.41) is 4.64. The van der Waals surface area contributed by atoms with Gasteiger partial charge in [0, 0.05) is 25.7 Å². The summed E-state index contributed by atoms with van der Waals surface area (Å²) in [5.41, 5.74) is 0. The normalized spacial score (nSPS) is 15.5. The Morgan fingerprint density at radius 1 is 0.939 bits per heavy atom. The average molecular weight is 486 g/mol. The molecule has 3 aromatic rings. The molecule has 174 valence electrons. The van der Waals surface area contributed by atoms with E-state index in [1.165, 1.54) is 0 Å². The first-order valence-corrected chi connectivity index (χ1v) is 11.9. The van der Waals surface area contributed by atoms with Gasteiger partial charge >= 0.3 is 0 Å². The van der Waals surface area contributed by atoms with Crippen molar-refractivity contribution >= 4 is 34.9 Å². The maximum atomic E-state index is 12.1. The van der Waals surface area contributed by atoms with Gasteiger partial charge in [0.2, 0.25) is 5.91 Å². The number of hydrogen-bond donors (Lipinski definition) is 1. The number of carbonyl (C=O) groups excluding carboxylic acids is 1. The minimum absolute atomic E-state index is 0.180. The smallest absolute Gasteiger partial charge is 0.228 e. The fourth-order valence-corrected chi connectivity index (χ4v) is 3.78. The Balaban J connectivity index is 0.000000323. The molecule has 1 unspecified atom stereocenters. The van der Waals surface area contributed by atoms with Gasteiger partial charge in [-0.2, -0.15) is 0 Å². The van der Waals surface area contributed by atoms with Crippen molar-refractivity contribution in [2.45, 2.75) is 19.3 Å². The van der Waals surface area contributed by atoms with Crippen LogP contribution in [0.5, 0.6) is 5.75 Å². The molecular formula is C26H29Cl2N3O2. The number of carbonyl (C=O) groups is 1. The molecule has 1 fully saturated rings. The van der Waals surface area contributed by atoms with Crippen molar-refractivity contribution in [3.63, 3.8) is 0 Å². The van der Waals surface area contributed by atoms with Crippen LogP contribution in [0, 0.1) is 5.92 Å². The topological polar surface area (TPSA) is 54.5 Å². The Labute approximate surface area is 205 Å². The van der Waals surface area contributed by atoms with Gasteiger partial charge in [-0.15, -0.1) is 0 Å². The monoisotopic (exact) mass is 485 g/mol. The third kappa shape index (κ3) is 8.69. The van der Waals surface area contributed by atoms with Crippen LogP contribution >= 0.6 is 23.2 Å². The Morgan fingerprint density at radius 2 is 1.64 bits per heavy atom. The second-order valence-corrected chi connectivity index (χ2v) is 8.53. The van der Waals surface area contributed by atoms with Gasteiger partial charge in [0.15, 0.2) is 0 Å². The molecule has 7 heteroatoms. The van der Waals surface area contributed by atoms with Crippen LogP contribution in [-0.4, -0.2) is 37.1 Å². The van der Waals surface area contributed by atoms with Crippen LogP contribution in [0.3, 0.4) is 0 Å². The number of anilines is 1. The first-order chi connectivity index (χ1) is 16.1. The minimum Gasteiger partial charge on any atom is -0.492 e. The van der Waals surface area contributed by atoms with Gasteiger partial charge in [0.1, 0.15) is 18.2 Å². The SMILES string of the molecule is Clc1ccccc1Cl.O=C1CCC(CCNCCOc2ccccc2)CN1c1ccccn1. The van der Waals surface area contributed by atoms with Gasteiger partial charge in [0.25, 0.3) is 0 Å². The summed E-state index contributed by atoms with van der Waals surface area (Å²) in [6.07, 6.45) is 4.37. The van der Waals surface area contributed by atoms with Gasteiger partial charge in [-0.25, -0.2) is 4.98 Å². The van der Waals surface area contributed by atoms with E-state index >= 15 is 0 Å². The molecule has 0 radical (unpaired) electrons. The van der Waals surface area contributed by atoms with Crippen LogP contribution < -0.4 is 15.0 Å². The lowest BCUT2D eigenvalue weighted by Gasteiger charge is -2.32. The van der Waals surface area contributed by atoms with Crippen LogP contribution in [0.4, 0.5) is 5.82 Å². The summed E-state index contributed by atoms with van der Waals surface area (Å²) in [4.78, 5) is 18.3. The third-order valence-corrected chi connectivity index (χ3v) is 6.03. The van der Waals surface area contributed by atoms with Crippen LogP contribution in [0.15, 0.2) is 79.0 Å². The molecule has 1 aliphatic rings. The number of para-hydroxylation sites is 1. The summed E-state index contributed by atoms with van der Waals surface area (Å²) in [6.45, 7) is 3.18. The molecule has 33 heavy (non-hydrogen) atoms. The molecule has 4 rings (SSSR count).